The molecule has 3 N–H and O–H groups in total. The molecule has 2 amide bonds. The molecule has 0 saturated carbocycles. The molecule has 2 rings (SSSR count). The first kappa shape index (κ1) is 22.2. The summed E-state index contributed by atoms with van der Waals surface area (Å²) < 4.78 is 0.757. The minimum absolute atomic E-state index is 0.0227. The Morgan fingerprint density at radius 3 is 2.50 bits per heavy atom. The lowest BCUT2D eigenvalue weighted by molar-refractivity contribution is -0.123. The van der Waals surface area contributed by atoms with Crippen LogP contribution in [0.1, 0.15) is 29.8 Å². The molecular formula is C19H18BrCl2N3O3. The predicted molar refractivity (Wildman–Crippen MR) is 114 cm³/mol. The Bertz CT molecular complexity index is 919. The van der Waals surface area contributed by atoms with Gasteiger partial charge in [-0.2, -0.15) is 5.10 Å². The summed E-state index contributed by atoms with van der Waals surface area (Å²) in [6.07, 6.45) is 1.32. The summed E-state index contributed by atoms with van der Waals surface area (Å²) in [4.78, 5) is 24.9. The first-order chi connectivity index (χ1) is 13.2. The number of carbonyl (C=O) groups is 2. The second-order valence-corrected chi connectivity index (χ2v) is 7.99. The van der Waals surface area contributed by atoms with Gasteiger partial charge in [0.05, 0.1) is 16.3 Å². The molecule has 0 fully saturated rings. The zero-order valence-corrected chi connectivity index (χ0v) is 18.1. The molecule has 2 aromatic carbocycles. The van der Waals surface area contributed by atoms with E-state index in [1.54, 1.807) is 26.0 Å². The van der Waals surface area contributed by atoms with Crippen molar-refractivity contribution in [3.63, 3.8) is 0 Å². The second kappa shape index (κ2) is 9.91. The van der Waals surface area contributed by atoms with Crippen molar-refractivity contribution in [3.05, 3.63) is 62.0 Å². The van der Waals surface area contributed by atoms with Gasteiger partial charge < -0.3 is 10.4 Å². The van der Waals surface area contributed by atoms with Gasteiger partial charge in [0.15, 0.2) is 0 Å². The molecule has 0 bridgehead atoms. The summed E-state index contributed by atoms with van der Waals surface area (Å²) in [5.74, 6) is -1.12. The standard InChI is InChI=1S/C19H18BrCl2N3O3/c1-10(2)17(24-18(27)11-3-5-14(21)15(22)8-11)19(28)25-23-9-12-7-13(20)4-6-16(12)26/h3-10,17,26H,1-2H3,(H,24,27)(H,25,28). The third kappa shape index (κ3) is 5.95. The lowest BCUT2D eigenvalue weighted by Gasteiger charge is -2.20. The molecule has 0 aliphatic rings. The highest BCUT2D eigenvalue weighted by Gasteiger charge is 2.24. The van der Waals surface area contributed by atoms with Crippen molar-refractivity contribution >= 4 is 57.2 Å². The van der Waals surface area contributed by atoms with Crippen LogP contribution in [0.2, 0.25) is 10.0 Å². The van der Waals surface area contributed by atoms with Crippen molar-refractivity contribution in [2.45, 2.75) is 19.9 Å². The van der Waals surface area contributed by atoms with Crippen LogP contribution in [0, 0.1) is 5.92 Å². The van der Waals surface area contributed by atoms with E-state index >= 15 is 0 Å². The lowest BCUT2D eigenvalue weighted by atomic mass is 10.0. The molecule has 1 unspecified atom stereocenters. The minimum atomic E-state index is -0.824. The van der Waals surface area contributed by atoms with Crippen LogP contribution in [0.3, 0.4) is 0 Å². The van der Waals surface area contributed by atoms with Crippen LogP contribution in [-0.4, -0.2) is 29.2 Å². The van der Waals surface area contributed by atoms with Gasteiger partial charge in [-0.3, -0.25) is 9.59 Å². The molecule has 1 atom stereocenters. The maximum atomic E-state index is 12.5. The number of hydrogen-bond donors (Lipinski definition) is 3. The van der Waals surface area contributed by atoms with Gasteiger partial charge in [0.25, 0.3) is 11.8 Å². The maximum Gasteiger partial charge on any atom is 0.262 e. The summed E-state index contributed by atoms with van der Waals surface area (Å²) in [6, 6.07) is 8.47. The van der Waals surface area contributed by atoms with Crippen LogP contribution in [0.4, 0.5) is 0 Å². The summed E-state index contributed by atoms with van der Waals surface area (Å²) in [5, 5.41) is 16.9. The number of aromatic hydroxyl groups is 1. The van der Waals surface area contributed by atoms with E-state index in [-0.39, 0.29) is 22.3 Å². The Hall–Kier alpha value is -2.09. The highest BCUT2D eigenvalue weighted by Crippen LogP contribution is 2.23. The molecule has 2 aromatic rings. The van der Waals surface area contributed by atoms with E-state index in [9.17, 15) is 14.7 Å². The summed E-state index contributed by atoms with van der Waals surface area (Å²) in [6.45, 7) is 3.59. The van der Waals surface area contributed by atoms with Crippen LogP contribution in [0.15, 0.2) is 46.0 Å². The summed E-state index contributed by atoms with van der Waals surface area (Å²) in [7, 11) is 0. The van der Waals surface area contributed by atoms with E-state index in [0.717, 1.165) is 4.47 Å². The smallest absolute Gasteiger partial charge is 0.262 e. The highest BCUT2D eigenvalue weighted by molar-refractivity contribution is 9.10. The van der Waals surface area contributed by atoms with Gasteiger partial charge >= 0.3 is 0 Å². The topological polar surface area (TPSA) is 90.8 Å². The normalized spacial score (nSPS) is 12.2. The second-order valence-electron chi connectivity index (χ2n) is 6.26. The van der Waals surface area contributed by atoms with Crippen molar-refractivity contribution in [3.8, 4) is 5.75 Å². The number of benzene rings is 2. The molecular weight excluding hydrogens is 469 g/mol. The Kier molecular flexibility index (Phi) is 7.86. The molecule has 0 heterocycles. The van der Waals surface area contributed by atoms with Gasteiger partial charge in [-0.15, -0.1) is 0 Å². The van der Waals surface area contributed by atoms with E-state index in [2.05, 4.69) is 31.8 Å². The number of nitrogens with one attached hydrogen (secondary N) is 2. The van der Waals surface area contributed by atoms with Gasteiger partial charge in [-0.25, -0.2) is 5.43 Å². The fourth-order valence-electron chi connectivity index (χ4n) is 2.26. The molecule has 9 heteroatoms. The Balaban J connectivity index is 2.07. The number of nitrogens with zero attached hydrogens (tertiary/aromatic N) is 1. The Morgan fingerprint density at radius 1 is 1.14 bits per heavy atom. The van der Waals surface area contributed by atoms with E-state index < -0.39 is 17.9 Å². The van der Waals surface area contributed by atoms with Crippen molar-refractivity contribution in [1.29, 1.82) is 0 Å². The third-order valence-corrected chi connectivity index (χ3v) is 5.02. The number of amides is 2. The average Bonchev–Trinajstić information content (AvgIpc) is 2.64. The van der Waals surface area contributed by atoms with Crippen LogP contribution in [0.25, 0.3) is 0 Å². The zero-order valence-electron chi connectivity index (χ0n) is 15.0. The number of hydrogen-bond acceptors (Lipinski definition) is 4. The highest BCUT2D eigenvalue weighted by atomic mass is 79.9. The molecule has 0 aliphatic heterocycles. The molecule has 0 aromatic heterocycles. The predicted octanol–water partition coefficient (Wildman–Crippen LogP) is 4.37. The van der Waals surface area contributed by atoms with Crippen molar-refractivity contribution < 1.29 is 14.7 Å². The molecule has 0 saturated heterocycles. The van der Waals surface area contributed by atoms with Crippen molar-refractivity contribution in [2.75, 3.05) is 0 Å². The van der Waals surface area contributed by atoms with Gasteiger partial charge in [-0.1, -0.05) is 53.0 Å². The molecule has 6 nitrogen and oxygen atoms in total. The van der Waals surface area contributed by atoms with E-state index in [0.29, 0.717) is 10.6 Å². The first-order valence-electron chi connectivity index (χ1n) is 8.26. The van der Waals surface area contributed by atoms with E-state index in [1.807, 2.05) is 0 Å². The van der Waals surface area contributed by atoms with Gasteiger partial charge in [-0.05, 0) is 42.3 Å². The van der Waals surface area contributed by atoms with Gasteiger partial charge in [0.1, 0.15) is 11.8 Å². The van der Waals surface area contributed by atoms with Crippen molar-refractivity contribution in [1.82, 2.24) is 10.7 Å². The third-order valence-electron chi connectivity index (χ3n) is 3.79. The molecule has 0 radical (unpaired) electrons. The van der Waals surface area contributed by atoms with Crippen molar-refractivity contribution in [2.24, 2.45) is 11.0 Å². The van der Waals surface area contributed by atoms with Gasteiger partial charge in [0.2, 0.25) is 0 Å². The Labute approximate surface area is 181 Å². The summed E-state index contributed by atoms with van der Waals surface area (Å²) in [5.41, 5.74) is 3.09. The van der Waals surface area contributed by atoms with E-state index in [4.69, 9.17) is 23.2 Å². The Morgan fingerprint density at radius 2 is 1.86 bits per heavy atom. The quantitative estimate of drug-likeness (QED) is 0.418. The number of phenols is 1. The molecule has 0 spiro atoms. The molecule has 148 valence electrons. The number of halogens is 3. The lowest BCUT2D eigenvalue weighted by Crippen LogP contribution is -2.48. The van der Waals surface area contributed by atoms with Crippen LogP contribution >= 0.6 is 39.1 Å². The van der Waals surface area contributed by atoms with Crippen LogP contribution in [-0.2, 0) is 4.79 Å². The fourth-order valence-corrected chi connectivity index (χ4v) is 2.94. The fraction of sp³-hybridized carbons (Fsp3) is 0.211. The van der Waals surface area contributed by atoms with Gasteiger partial charge in [0, 0.05) is 15.6 Å². The van der Waals surface area contributed by atoms with Crippen LogP contribution in [0.5, 0.6) is 5.75 Å². The number of phenolic OH excluding ortho intramolecular Hbond substituents is 1. The SMILES string of the molecule is CC(C)C(NC(=O)c1ccc(Cl)c(Cl)c1)C(=O)NN=Cc1cc(Br)ccc1O. The maximum absolute atomic E-state index is 12.5. The summed E-state index contributed by atoms with van der Waals surface area (Å²) >= 11 is 15.1. The van der Waals surface area contributed by atoms with Crippen LogP contribution < -0.4 is 10.7 Å². The number of carbonyl (C=O) groups excluding carboxylic acids is 2. The largest absolute Gasteiger partial charge is 0.507 e. The molecule has 0 aliphatic carbocycles. The number of rotatable bonds is 6. The first-order valence-corrected chi connectivity index (χ1v) is 9.81. The van der Waals surface area contributed by atoms with E-state index in [1.165, 1.54) is 30.5 Å². The minimum Gasteiger partial charge on any atom is -0.507 e. The zero-order chi connectivity index (χ0) is 20.8. The molecule has 28 heavy (non-hydrogen) atoms. The number of hydrazone groups is 1. The monoisotopic (exact) mass is 485 g/mol. The average molecular weight is 487 g/mol.